The molecule has 4 rings (SSSR count). The minimum absolute atomic E-state index is 0.150. The number of anilines is 1. The number of rotatable bonds is 5. The summed E-state index contributed by atoms with van der Waals surface area (Å²) >= 11 is 0. The number of benzene rings is 1. The van der Waals surface area contributed by atoms with Crippen molar-refractivity contribution in [3.8, 4) is 11.6 Å². The van der Waals surface area contributed by atoms with Gasteiger partial charge in [0.05, 0.1) is 17.8 Å². The van der Waals surface area contributed by atoms with E-state index in [1.165, 1.54) is 23.6 Å². The van der Waals surface area contributed by atoms with Crippen LogP contribution in [0.2, 0.25) is 0 Å². The molecule has 26 heavy (non-hydrogen) atoms. The summed E-state index contributed by atoms with van der Waals surface area (Å²) in [5, 5.41) is 19.3. The lowest BCUT2D eigenvalue weighted by molar-refractivity contribution is -0.117. The SMILES string of the molecule is CC(C(=O)Nc1cc(C2CC2)[nH]n1)c1ccc(-n2cc(O)[nH]c2=O)cc1. The number of carbonyl (C=O) groups is 1. The molecular formula is C18H19N5O3. The monoisotopic (exact) mass is 353 g/mol. The predicted molar refractivity (Wildman–Crippen MR) is 95.7 cm³/mol. The van der Waals surface area contributed by atoms with Crippen LogP contribution in [0.25, 0.3) is 5.69 Å². The van der Waals surface area contributed by atoms with E-state index >= 15 is 0 Å². The van der Waals surface area contributed by atoms with Crippen LogP contribution in [0.3, 0.4) is 0 Å². The molecule has 0 radical (unpaired) electrons. The minimum atomic E-state index is -0.425. The molecule has 1 fully saturated rings. The number of aromatic nitrogens is 4. The molecule has 4 N–H and O–H groups in total. The lowest BCUT2D eigenvalue weighted by Crippen LogP contribution is -2.19. The molecular weight excluding hydrogens is 334 g/mol. The summed E-state index contributed by atoms with van der Waals surface area (Å²) in [6, 6.07) is 8.92. The number of nitrogens with one attached hydrogen (secondary N) is 3. The number of hydrogen-bond acceptors (Lipinski definition) is 4. The molecule has 1 amide bonds. The number of carbonyl (C=O) groups excluding carboxylic acids is 1. The molecule has 0 spiro atoms. The first-order valence-corrected chi connectivity index (χ1v) is 8.48. The van der Waals surface area contributed by atoms with Crippen LogP contribution in [0.4, 0.5) is 5.82 Å². The van der Waals surface area contributed by atoms with Gasteiger partial charge >= 0.3 is 5.69 Å². The van der Waals surface area contributed by atoms with E-state index in [9.17, 15) is 14.7 Å². The first kappa shape index (κ1) is 16.2. The first-order chi connectivity index (χ1) is 12.5. The molecule has 3 aromatic rings. The van der Waals surface area contributed by atoms with Gasteiger partial charge in [0.1, 0.15) is 0 Å². The van der Waals surface area contributed by atoms with Gasteiger partial charge in [-0.1, -0.05) is 12.1 Å². The Morgan fingerprint density at radius 2 is 2.08 bits per heavy atom. The number of hydrogen-bond donors (Lipinski definition) is 4. The highest BCUT2D eigenvalue weighted by molar-refractivity contribution is 5.94. The molecule has 134 valence electrons. The minimum Gasteiger partial charge on any atom is -0.493 e. The Bertz CT molecular complexity index is 995. The molecule has 1 atom stereocenters. The van der Waals surface area contributed by atoms with Gasteiger partial charge in [0.2, 0.25) is 11.8 Å². The van der Waals surface area contributed by atoms with Gasteiger partial charge in [0, 0.05) is 17.7 Å². The molecule has 8 nitrogen and oxygen atoms in total. The molecule has 1 aliphatic carbocycles. The molecule has 0 aliphatic heterocycles. The Morgan fingerprint density at radius 3 is 2.69 bits per heavy atom. The molecule has 2 heterocycles. The lowest BCUT2D eigenvalue weighted by atomic mass is 10.00. The van der Waals surface area contributed by atoms with E-state index in [0.29, 0.717) is 17.4 Å². The largest absolute Gasteiger partial charge is 0.493 e. The van der Waals surface area contributed by atoms with Gasteiger partial charge < -0.3 is 10.4 Å². The normalized spacial score (nSPS) is 15.0. The third kappa shape index (κ3) is 3.13. The molecule has 1 unspecified atom stereocenters. The van der Waals surface area contributed by atoms with Crippen molar-refractivity contribution in [2.75, 3.05) is 5.32 Å². The van der Waals surface area contributed by atoms with Crippen molar-refractivity contribution in [1.29, 1.82) is 0 Å². The summed E-state index contributed by atoms with van der Waals surface area (Å²) in [6.07, 6.45) is 3.64. The zero-order valence-electron chi connectivity index (χ0n) is 14.2. The fourth-order valence-corrected chi connectivity index (χ4v) is 2.89. The summed E-state index contributed by atoms with van der Waals surface area (Å²) in [5.74, 6) is 0.366. The maximum absolute atomic E-state index is 12.5. The summed E-state index contributed by atoms with van der Waals surface area (Å²) in [5.41, 5.74) is 2.06. The molecule has 1 saturated carbocycles. The zero-order valence-corrected chi connectivity index (χ0v) is 14.2. The van der Waals surface area contributed by atoms with Gasteiger partial charge in [0.25, 0.3) is 0 Å². The van der Waals surface area contributed by atoms with E-state index in [1.54, 1.807) is 24.3 Å². The summed E-state index contributed by atoms with van der Waals surface area (Å²) < 4.78 is 1.30. The highest BCUT2D eigenvalue weighted by atomic mass is 16.3. The smallest absolute Gasteiger partial charge is 0.332 e. The molecule has 0 bridgehead atoms. The van der Waals surface area contributed by atoms with E-state index in [0.717, 1.165) is 11.3 Å². The highest BCUT2D eigenvalue weighted by Gasteiger charge is 2.26. The molecule has 1 aliphatic rings. The number of imidazole rings is 1. The standard InChI is InChI=1S/C18H19N5O3/c1-10(17(25)19-15-8-14(21-22-15)12-2-3-12)11-4-6-13(7-5-11)23-9-16(24)20-18(23)26/h4-10,12,24H,2-3H2,1H3,(H,20,26)(H2,19,21,22,25). The van der Waals surface area contributed by atoms with Crippen LogP contribution in [0.1, 0.15) is 42.9 Å². The van der Waals surface area contributed by atoms with Crippen molar-refractivity contribution in [3.63, 3.8) is 0 Å². The fourth-order valence-electron chi connectivity index (χ4n) is 2.89. The average Bonchev–Trinajstić information content (AvgIpc) is 3.29. The van der Waals surface area contributed by atoms with E-state index < -0.39 is 5.69 Å². The number of amides is 1. The second kappa shape index (κ2) is 6.21. The van der Waals surface area contributed by atoms with E-state index in [2.05, 4.69) is 20.5 Å². The maximum atomic E-state index is 12.5. The molecule has 0 saturated heterocycles. The second-order valence-corrected chi connectivity index (χ2v) is 6.60. The summed E-state index contributed by atoms with van der Waals surface area (Å²) in [7, 11) is 0. The third-order valence-corrected chi connectivity index (χ3v) is 4.64. The zero-order chi connectivity index (χ0) is 18.3. The molecule has 1 aromatic carbocycles. The van der Waals surface area contributed by atoms with Crippen LogP contribution >= 0.6 is 0 Å². The number of nitrogens with zero attached hydrogens (tertiary/aromatic N) is 2. The van der Waals surface area contributed by atoms with Crippen molar-refractivity contribution in [2.45, 2.75) is 31.6 Å². The Morgan fingerprint density at radius 1 is 1.35 bits per heavy atom. The van der Waals surface area contributed by atoms with Gasteiger partial charge in [-0.05, 0) is 37.5 Å². The highest BCUT2D eigenvalue weighted by Crippen LogP contribution is 2.39. The van der Waals surface area contributed by atoms with E-state index in [-0.39, 0.29) is 17.7 Å². The average molecular weight is 353 g/mol. The predicted octanol–water partition coefficient (Wildman–Crippen LogP) is 2.21. The van der Waals surface area contributed by atoms with Crippen molar-refractivity contribution in [1.82, 2.24) is 19.7 Å². The van der Waals surface area contributed by atoms with Crippen molar-refractivity contribution >= 4 is 11.7 Å². The van der Waals surface area contributed by atoms with Gasteiger partial charge in [-0.15, -0.1) is 0 Å². The Labute approximate surface area is 148 Å². The lowest BCUT2D eigenvalue weighted by Gasteiger charge is -2.12. The van der Waals surface area contributed by atoms with Gasteiger partial charge in [-0.2, -0.15) is 5.10 Å². The Hall–Kier alpha value is -3.29. The van der Waals surface area contributed by atoms with Crippen LogP contribution in [0.15, 0.2) is 41.3 Å². The van der Waals surface area contributed by atoms with Crippen LogP contribution < -0.4 is 11.0 Å². The van der Waals surface area contributed by atoms with Crippen molar-refractivity contribution in [3.05, 3.63) is 58.3 Å². The molecule has 8 heteroatoms. The van der Waals surface area contributed by atoms with E-state index in [1.807, 2.05) is 13.0 Å². The Balaban J connectivity index is 1.46. The van der Waals surface area contributed by atoms with Crippen LogP contribution in [0.5, 0.6) is 5.88 Å². The van der Waals surface area contributed by atoms with Crippen molar-refractivity contribution in [2.24, 2.45) is 0 Å². The quantitative estimate of drug-likeness (QED) is 0.563. The maximum Gasteiger partial charge on any atom is 0.332 e. The summed E-state index contributed by atoms with van der Waals surface area (Å²) in [6.45, 7) is 1.81. The van der Waals surface area contributed by atoms with Crippen LogP contribution in [-0.2, 0) is 4.79 Å². The first-order valence-electron chi connectivity index (χ1n) is 8.48. The van der Waals surface area contributed by atoms with Crippen LogP contribution in [-0.4, -0.2) is 30.8 Å². The van der Waals surface area contributed by atoms with Gasteiger partial charge in [0.15, 0.2) is 5.82 Å². The van der Waals surface area contributed by atoms with Crippen LogP contribution in [0, 0.1) is 0 Å². The number of H-pyrrole nitrogens is 2. The summed E-state index contributed by atoms with van der Waals surface area (Å²) in [4.78, 5) is 26.5. The van der Waals surface area contributed by atoms with Crippen molar-refractivity contribution < 1.29 is 9.90 Å². The van der Waals surface area contributed by atoms with E-state index in [4.69, 9.17) is 0 Å². The topological polar surface area (TPSA) is 116 Å². The molecule has 2 aromatic heterocycles. The Kier molecular flexibility index (Phi) is 3.87. The fraction of sp³-hybridized carbons (Fsp3) is 0.278. The number of aromatic hydroxyl groups is 1. The second-order valence-electron chi connectivity index (χ2n) is 6.60. The third-order valence-electron chi connectivity index (χ3n) is 4.64. The number of aromatic amines is 2. The van der Waals surface area contributed by atoms with Gasteiger partial charge in [-0.3, -0.25) is 19.4 Å². The van der Waals surface area contributed by atoms with Gasteiger partial charge in [-0.25, -0.2) is 4.79 Å².